The SMILES string of the molecule is Cc1ccc(-c2nc(NCCN(C)C)c3ncc(NCCN4CCN(C)CC4)nc3n2)cc1. The van der Waals surface area contributed by atoms with Crippen molar-refractivity contribution in [1.29, 1.82) is 0 Å². The van der Waals surface area contributed by atoms with Crippen molar-refractivity contribution in [3.63, 3.8) is 0 Å². The molecule has 0 unspecified atom stereocenters. The van der Waals surface area contributed by atoms with Crippen molar-refractivity contribution in [2.45, 2.75) is 6.92 Å². The maximum Gasteiger partial charge on any atom is 0.186 e. The highest BCUT2D eigenvalue weighted by atomic mass is 15.3. The van der Waals surface area contributed by atoms with Crippen LogP contribution >= 0.6 is 0 Å². The first-order valence-electron chi connectivity index (χ1n) is 11.6. The first kappa shape index (κ1) is 23.3. The van der Waals surface area contributed by atoms with Crippen LogP contribution in [0, 0.1) is 6.92 Å². The Balaban J connectivity index is 1.53. The van der Waals surface area contributed by atoms with Crippen LogP contribution in [0.15, 0.2) is 30.5 Å². The van der Waals surface area contributed by atoms with Crippen LogP contribution in [0.3, 0.4) is 0 Å². The maximum absolute atomic E-state index is 4.78. The Morgan fingerprint density at radius 1 is 0.939 bits per heavy atom. The quantitative estimate of drug-likeness (QED) is 0.510. The summed E-state index contributed by atoms with van der Waals surface area (Å²) in [5.41, 5.74) is 3.45. The van der Waals surface area contributed by atoms with Crippen LogP contribution < -0.4 is 10.6 Å². The van der Waals surface area contributed by atoms with Gasteiger partial charge in [-0.1, -0.05) is 29.8 Å². The molecule has 1 saturated heterocycles. The Morgan fingerprint density at radius 3 is 2.42 bits per heavy atom. The van der Waals surface area contributed by atoms with Crippen LogP contribution in [0.5, 0.6) is 0 Å². The van der Waals surface area contributed by atoms with E-state index in [-0.39, 0.29) is 0 Å². The van der Waals surface area contributed by atoms with Gasteiger partial charge in [0.15, 0.2) is 22.8 Å². The van der Waals surface area contributed by atoms with Gasteiger partial charge in [-0.2, -0.15) is 0 Å². The molecule has 0 atom stereocenters. The van der Waals surface area contributed by atoms with E-state index in [0.717, 1.165) is 63.7 Å². The molecule has 0 spiro atoms. The summed E-state index contributed by atoms with van der Waals surface area (Å²) in [6, 6.07) is 8.24. The lowest BCUT2D eigenvalue weighted by Crippen LogP contribution is -2.45. The number of likely N-dealkylation sites (N-methyl/N-ethyl adjacent to an activating group) is 2. The van der Waals surface area contributed by atoms with Gasteiger partial charge in [0.1, 0.15) is 5.82 Å². The van der Waals surface area contributed by atoms with Gasteiger partial charge in [0.2, 0.25) is 0 Å². The number of benzene rings is 1. The molecule has 3 aromatic rings. The van der Waals surface area contributed by atoms with E-state index in [1.807, 2.05) is 12.1 Å². The van der Waals surface area contributed by atoms with Gasteiger partial charge in [0.05, 0.1) is 6.20 Å². The largest absolute Gasteiger partial charge is 0.367 e. The highest BCUT2D eigenvalue weighted by Gasteiger charge is 2.15. The Labute approximate surface area is 196 Å². The van der Waals surface area contributed by atoms with E-state index >= 15 is 0 Å². The molecule has 0 bridgehead atoms. The van der Waals surface area contributed by atoms with Crippen LogP contribution in [0.1, 0.15) is 5.56 Å². The summed E-state index contributed by atoms with van der Waals surface area (Å²) in [7, 11) is 6.28. The van der Waals surface area contributed by atoms with Gasteiger partial charge in [-0.25, -0.2) is 19.9 Å². The van der Waals surface area contributed by atoms with Crippen LogP contribution in [0.25, 0.3) is 22.6 Å². The molecular formula is C24H35N9. The zero-order chi connectivity index (χ0) is 23.2. The van der Waals surface area contributed by atoms with Crippen molar-refractivity contribution < 1.29 is 0 Å². The minimum Gasteiger partial charge on any atom is -0.367 e. The molecule has 2 aromatic heterocycles. The van der Waals surface area contributed by atoms with E-state index in [2.05, 4.69) is 70.5 Å². The second-order valence-corrected chi connectivity index (χ2v) is 8.99. The van der Waals surface area contributed by atoms with Crippen molar-refractivity contribution >= 4 is 22.8 Å². The standard InChI is InChI=1S/C24H35N9/c1-18-5-7-19(8-6-18)22-29-23(26-9-11-31(2)3)21-24(30-22)28-20(17-27-21)25-10-12-33-15-13-32(4)14-16-33/h5-8,17H,9-16H2,1-4H3,(H2,25,26,28,29,30). The summed E-state index contributed by atoms with van der Waals surface area (Å²) in [4.78, 5) is 25.9. The summed E-state index contributed by atoms with van der Waals surface area (Å²) < 4.78 is 0. The molecular weight excluding hydrogens is 414 g/mol. The summed E-state index contributed by atoms with van der Waals surface area (Å²) in [5, 5.41) is 6.85. The van der Waals surface area contributed by atoms with E-state index in [1.165, 1.54) is 5.56 Å². The molecule has 176 valence electrons. The third-order valence-electron chi connectivity index (χ3n) is 5.90. The van der Waals surface area contributed by atoms with Crippen LogP contribution in [0.2, 0.25) is 0 Å². The van der Waals surface area contributed by atoms with Crippen LogP contribution in [-0.4, -0.2) is 108 Å². The second kappa shape index (κ2) is 10.8. The van der Waals surface area contributed by atoms with Gasteiger partial charge >= 0.3 is 0 Å². The van der Waals surface area contributed by atoms with Gasteiger partial charge in [-0.05, 0) is 28.1 Å². The highest BCUT2D eigenvalue weighted by Crippen LogP contribution is 2.23. The number of aromatic nitrogens is 4. The van der Waals surface area contributed by atoms with Crippen LogP contribution in [-0.2, 0) is 0 Å². The topological polar surface area (TPSA) is 85.3 Å². The number of piperazine rings is 1. The molecule has 1 aromatic carbocycles. The normalized spacial score (nSPS) is 15.3. The average Bonchev–Trinajstić information content (AvgIpc) is 2.80. The van der Waals surface area contributed by atoms with E-state index < -0.39 is 0 Å². The molecule has 9 nitrogen and oxygen atoms in total. The van der Waals surface area contributed by atoms with Gasteiger partial charge in [-0.15, -0.1) is 0 Å². The van der Waals surface area contributed by atoms with Crippen molar-refractivity contribution in [2.75, 3.05) is 84.1 Å². The number of hydrogen-bond acceptors (Lipinski definition) is 9. The highest BCUT2D eigenvalue weighted by molar-refractivity contribution is 5.85. The fourth-order valence-corrected chi connectivity index (χ4v) is 3.76. The Hall–Kier alpha value is -2.88. The third kappa shape index (κ3) is 6.34. The number of hydrogen-bond donors (Lipinski definition) is 2. The number of anilines is 2. The molecule has 0 aliphatic carbocycles. The van der Waals surface area contributed by atoms with Crippen molar-refractivity contribution in [2.24, 2.45) is 0 Å². The van der Waals surface area contributed by atoms with E-state index in [0.29, 0.717) is 22.8 Å². The number of nitrogens with zero attached hydrogens (tertiary/aromatic N) is 7. The lowest BCUT2D eigenvalue weighted by molar-refractivity contribution is 0.158. The first-order valence-corrected chi connectivity index (χ1v) is 11.6. The number of rotatable bonds is 9. The predicted octanol–water partition coefficient (Wildman–Crippen LogP) is 2.03. The molecule has 9 heteroatoms. The lowest BCUT2D eigenvalue weighted by Gasteiger charge is -2.32. The lowest BCUT2D eigenvalue weighted by atomic mass is 10.1. The van der Waals surface area contributed by atoms with Gasteiger partial charge in [-0.3, -0.25) is 4.90 Å². The summed E-state index contributed by atoms with van der Waals surface area (Å²) in [5.74, 6) is 2.11. The molecule has 1 aliphatic rings. The molecule has 0 radical (unpaired) electrons. The number of aryl methyl sites for hydroxylation is 1. The Morgan fingerprint density at radius 2 is 1.70 bits per heavy atom. The zero-order valence-electron chi connectivity index (χ0n) is 20.2. The fourth-order valence-electron chi connectivity index (χ4n) is 3.76. The summed E-state index contributed by atoms with van der Waals surface area (Å²) in [6.07, 6.45) is 1.78. The van der Waals surface area contributed by atoms with Crippen LogP contribution in [0.4, 0.5) is 11.6 Å². The predicted molar refractivity (Wildman–Crippen MR) is 135 cm³/mol. The van der Waals surface area contributed by atoms with Gasteiger partial charge in [0.25, 0.3) is 0 Å². The molecule has 2 N–H and O–H groups in total. The van der Waals surface area contributed by atoms with E-state index in [1.54, 1.807) is 6.20 Å². The van der Waals surface area contributed by atoms with Crippen molar-refractivity contribution in [3.8, 4) is 11.4 Å². The van der Waals surface area contributed by atoms with Gasteiger partial charge in [0, 0.05) is 57.9 Å². The molecule has 33 heavy (non-hydrogen) atoms. The number of nitrogens with one attached hydrogen (secondary N) is 2. The maximum atomic E-state index is 4.78. The average molecular weight is 450 g/mol. The smallest absolute Gasteiger partial charge is 0.186 e. The fraction of sp³-hybridized carbons (Fsp3) is 0.500. The molecule has 1 aliphatic heterocycles. The van der Waals surface area contributed by atoms with Crippen molar-refractivity contribution in [3.05, 3.63) is 36.0 Å². The molecule has 4 rings (SSSR count). The number of fused-ring (bicyclic) bond motifs is 1. The van der Waals surface area contributed by atoms with E-state index in [4.69, 9.17) is 15.0 Å². The van der Waals surface area contributed by atoms with Crippen molar-refractivity contribution in [1.82, 2.24) is 34.6 Å². The molecule has 0 amide bonds. The summed E-state index contributed by atoms with van der Waals surface area (Å²) in [6.45, 7) is 10.0. The zero-order valence-corrected chi connectivity index (χ0v) is 20.2. The first-order chi connectivity index (χ1) is 16.0. The Kier molecular flexibility index (Phi) is 7.64. The Bertz CT molecular complexity index is 1040. The second-order valence-electron chi connectivity index (χ2n) is 8.99. The molecule has 0 saturated carbocycles. The monoisotopic (exact) mass is 449 g/mol. The minimum absolute atomic E-state index is 0.595. The third-order valence-corrected chi connectivity index (χ3v) is 5.90. The molecule has 1 fully saturated rings. The van der Waals surface area contributed by atoms with Gasteiger partial charge < -0.3 is 20.4 Å². The van der Waals surface area contributed by atoms with E-state index in [9.17, 15) is 0 Å². The summed E-state index contributed by atoms with van der Waals surface area (Å²) >= 11 is 0. The minimum atomic E-state index is 0.595. The molecule has 3 heterocycles.